The van der Waals surface area contributed by atoms with Crippen LogP contribution in [-0.2, 0) is 6.54 Å². The van der Waals surface area contributed by atoms with Crippen molar-refractivity contribution >= 4 is 28.6 Å². The smallest absolute Gasteiger partial charge is 0.354 e. The van der Waals surface area contributed by atoms with Gasteiger partial charge in [0.05, 0.1) is 5.69 Å². The fraction of sp³-hybridized carbons (Fsp3) is 0.250. The first kappa shape index (κ1) is 12.2. The summed E-state index contributed by atoms with van der Waals surface area (Å²) in [6, 6.07) is 0.869. The van der Waals surface area contributed by atoms with Gasteiger partial charge in [-0.25, -0.2) is 18.6 Å². The second-order valence-electron chi connectivity index (χ2n) is 2.67. The molecule has 0 aromatic carbocycles. The highest BCUT2D eigenvalue weighted by Gasteiger charge is 2.19. The van der Waals surface area contributed by atoms with Gasteiger partial charge in [-0.15, -0.1) is 0 Å². The molecular weight excluding hydrogens is 321 g/mol. The lowest BCUT2D eigenvalue weighted by atomic mass is 10.2. The van der Waals surface area contributed by atoms with Gasteiger partial charge in [0, 0.05) is 15.7 Å². The van der Waals surface area contributed by atoms with E-state index in [2.05, 4.69) is 4.98 Å². The van der Waals surface area contributed by atoms with Crippen molar-refractivity contribution in [1.29, 1.82) is 0 Å². The number of nitrogens with two attached hydrogens (primary N) is 1. The van der Waals surface area contributed by atoms with Crippen LogP contribution < -0.4 is 5.73 Å². The molecule has 0 saturated carbocycles. The van der Waals surface area contributed by atoms with Gasteiger partial charge in [0.1, 0.15) is 5.69 Å². The molecule has 0 spiro atoms. The molecule has 0 amide bonds. The Kier molecular flexibility index (Phi) is 3.91. The predicted molar refractivity (Wildman–Crippen MR) is 56.8 cm³/mol. The van der Waals surface area contributed by atoms with Gasteiger partial charge >= 0.3 is 5.97 Å². The molecule has 1 aromatic rings. The first-order chi connectivity index (χ1) is 6.97. The van der Waals surface area contributed by atoms with Gasteiger partial charge in [0.15, 0.2) is 0 Å². The van der Waals surface area contributed by atoms with Crippen molar-refractivity contribution in [2.45, 2.75) is 13.0 Å². The Balaban J connectivity index is 3.38. The third kappa shape index (κ3) is 2.59. The van der Waals surface area contributed by atoms with Crippen LogP contribution in [0.5, 0.6) is 0 Å². The molecule has 1 aromatic heterocycles. The van der Waals surface area contributed by atoms with Crippen molar-refractivity contribution in [1.82, 2.24) is 4.98 Å². The number of hydrogen-bond donors (Lipinski definition) is 2. The first-order valence-corrected chi connectivity index (χ1v) is 4.96. The minimum absolute atomic E-state index is 0.0703. The standard InChI is InChI=1S/C8H7F2IN2O2/c9-7(10)3-1-4(8(14)15)13-5(2-12)6(3)11/h1,7H,2,12H2,(H,14,15). The third-order valence-corrected chi connectivity index (χ3v) is 2.95. The summed E-state index contributed by atoms with van der Waals surface area (Å²) in [5, 5.41) is 8.65. The second-order valence-corrected chi connectivity index (χ2v) is 3.75. The lowest BCUT2D eigenvalue weighted by molar-refractivity contribution is 0.0689. The van der Waals surface area contributed by atoms with Crippen molar-refractivity contribution in [3.63, 3.8) is 0 Å². The molecule has 0 aliphatic heterocycles. The number of carbonyl (C=O) groups is 1. The Morgan fingerprint density at radius 3 is 2.67 bits per heavy atom. The van der Waals surface area contributed by atoms with Crippen LogP contribution in [0.3, 0.4) is 0 Å². The number of aromatic nitrogens is 1. The Morgan fingerprint density at radius 1 is 1.67 bits per heavy atom. The van der Waals surface area contributed by atoms with Crippen LogP contribution in [0.1, 0.15) is 28.2 Å². The number of hydrogen-bond acceptors (Lipinski definition) is 3. The maximum atomic E-state index is 12.5. The number of halogens is 3. The van der Waals surface area contributed by atoms with Crippen molar-refractivity contribution in [3.05, 3.63) is 26.6 Å². The minimum Gasteiger partial charge on any atom is -0.477 e. The third-order valence-electron chi connectivity index (χ3n) is 1.70. The lowest BCUT2D eigenvalue weighted by Gasteiger charge is -2.08. The van der Waals surface area contributed by atoms with E-state index in [0.717, 1.165) is 6.07 Å². The molecule has 0 aliphatic carbocycles. The monoisotopic (exact) mass is 328 g/mol. The molecule has 1 rings (SSSR count). The SMILES string of the molecule is NCc1nc(C(=O)O)cc(C(F)F)c1I. The van der Waals surface area contributed by atoms with Crippen molar-refractivity contribution in [2.75, 3.05) is 0 Å². The summed E-state index contributed by atoms with van der Waals surface area (Å²) in [5.41, 5.74) is 4.70. The molecule has 82 valence electrons. The molecule has 15 heavy (non-hydrogen) atoms. The molecule has 3 N–H and O–H groups in total. The van der Waals surface area contributed by atoms with Crippen LogP contribution >= 0.6 is 22.6 Å². The van der Waals surface area contributed by atoms with Gasteiger partial charge in [0.25, 0.3) is 6.43 Å². The fourth-order valence-electron chi connectivity index (χ4n) is 1.01. The number of nitrogens with zero attached hydrogens (tertiary/aromatic N) is 1. The van der Waals surface area contributed by atoms with E-state index in [-0.39, 0.29) is 21.4 Å². The largest absolute Gasteiger partial charge is 0.477 e. The van der Waals surface area contributed by atoms with Crippen molar-refractivity contribution < 1.29 is 18.7 Å². The zero-order chi connectivity index (χ0) is 11.6. The van der Waals surface area contributed by atoms with E-state index in [9.17, 15) is 13.6 Å². The molecular formula is C8H7F2IN2O2. The number of rotatable bonds is 3. The summed E-state index contributed by atoms with van der Waals surface area (Å²) in [6.45, 7) is -0.0703. The molecule has 0 bridgehead atoms. The maximum Gasteiger partial charge on any atom is 0.354 e. The highest BCUT2D eigenvalue weighted by Crippen LogP contribution is 2.26. The molecule has 0 saturated heterocycles. The number of alkyl halides is 2. The van der Waals surface area contributed by atoms with E-state index < -0.39 is 18.1 Å². The molecule has 0 fully saturated rings. The highest BCUT2D eigenvalue weighted by atomic mass is 127. The van der Waals surface area contributed by atoms with Crippen molar-refractivity contribution in [3.8, 4) is 0 Å². The molecule has 0 radical (unpaired) electrons. The quantitative estimate of drug-likeness (QED) is 0.830. The van der Waals surface area contributed by atoms with Gasteiger partial charge in [-0.1, -0.05) is 0 Å². The zero-order valence-corrected chi connectivity index (χ0v) is 9.53. The van der Waals surface area contributed by atoms with Crippen LogP contribution in [0, 0.1) is 3.57 Å². The second kappa shape index (κ2) is 4.79. The van der Waals surface area contributed by atoms with E-state index in [1.807, 2.05) is 0 Å². The Morgan fingerprint density at radius 2 is 2.27 bits per heavy atom. The Labute approximate surface area is 97.6 Å². The normalized spacial score (nSPS) is 10.7. The Bertz CT molecular complexity index is 398. The van der Waals surface area contributed by atoms with Crippen LogP contribution in [0.2, 0.25) is 0 Å². The van der Waals surface area contributed by atoms with E-state index in [4.69, 9.17) is 10.8 Å². The highest BCUT2D eigenvalue weighted by molar-refractivity contribution is 14.1. The average Bonchev–Trinajstić information content (AvgIpc) is 2.17. The summed E-state index contributed by atoms with van der Waals surface area (Å²) < 4.78 is 25.3. The van der Waals surface area contributed by atoms with Crippen LogP contribution in [0.4, 0.5) is 8.78 Å². The number of carboxylic acids is 1. The number of pyridine rings is 1. The van der Waals surface area contributed by atoms with Gasteiger partial charge in [-0.2, -0.15) is 0 Å². The molecule has 0 atom stereocenters. The van der Waals surface area contributed by atoms with Gasteiger partial charge in [-0.3, -0.25) is 0 Å². The predicted octanol–water partition coefficient (Wildman–Crippen LogP) is 1.78. The minimum atomic E-state index is -2.73. The van der Waals surface area contributed by atoms with E-state index in [0.29, 0.717) is 0 Å². The van der Waals surface area contributed by atoms with Gasteiger partial charge in [-0.05, 0) is 28.7 Å². The van der Waals surface area contributed by atoms with Crippen LogP contribution in [-0.4, -0.2) is 16.1 Å². The zero-order valence-electron chi connectivity index (χ0n) is 7.38. The van der Waals surface area contributed by atoms with Crippen LogP contribution in [0.25, 0.3) is 0 Å². The lowest BCUT2D eigenvalue weighted by Crippen LogP contribution is -2.11. The Hall–Kier alpha value is -0.830. The molecule has 0 unspecified atom stereocenters. The molecule has 4 nitrogen and oxygen atoms in total. The van der Waals surface area contributed by atoms with Crippen molar-refractivity contribution in [2.24, 2.45) is 5.73 Å². The molecule has 1 heterocycles. The van der Waals surface area contributed by atoms with Gasteiger partial charge in [0.2, 0.25) is 0 Å². The summed E-state index contributed by atoms with van der Waals surface area (Å²) in [6.07, 6.45) is -2.73. The number of aromatic carboxylic acids is 1. The van der Waals surface area contributed by atoms with Crippen LogP contribution in [0.15, 0.2) is 6.07 Å². The summed E-state index contributed by atoms with van der Waals surface area (Å²) in [5.74, 6) is -1.34. The first-order valence-electron chi connectivity index (χ1n) is 3.88. The van der Waals surface area contributed by atoms with Gasteiger partial charge < -0.3 is 10.8 Å². The summed E-state index contributed by atoms with van der Waals surface area (Å²) in [7, 11) is 0. The van der Waals surface area contributed by atoms with E-state index in [1.54, 1.807) is 22.6 Å². The maximum absolute atomic E-state index is 12.5. The molecule has 7 heteroatoms. The van der Waals surface area contributed by atoms with E-state index in [1.165, 1.54) is 0 Å². The molecule has 0 aliphatic rings. The van der Waals surface area contributed by atoms with E-state index >= 15 is 0 Å². The number of carboxylic acid groups (broad SMARTS) is 1. The fourth-order valence-corrected chi connectivity index (χ4v) is 1.74. The topological polar surface area (TPSA) is 76.2 Å². The average molecular weight is 328 g/mol. The summed E-state index contributed by atoms with van der Waals surface area (Å²) >= 11 is 1.68. The summed E-state index contributed by atoms with van der Waals surface area (Å²) in [4.78, 5) is 14.3.